The summed E-state index contributed by atoms with van der Waals surface area (Å²) in [5.74, 6) is -0.657. The van der Waals surface area contributed by atoms with Gasteiger partial charge >= 0.3 is 11.8 Å². The lowest BCUT2D eigenvalue weighted by Crippen LogP contribution is -2.43. The fourth-order valence-electron chi connectivity index (χ4n) is 3.49. The number of carbonyl (C=O) groups is 2. The van der Waals surface area contributed by atoms with Gasteiger partial charge < -0.3 is 20.3 Å². The van der Waals surface area contributed by atoms with Gasteiger partial charge in [-0.2, -0.15) is 0 Å². The Balaban J connectivity index is 1.64. The molecular weight excluding hydrogens is 378 g/mol. The number of hydrogen-bond donors (Lipinski definition) is 2. The lowest BCUT2D eigenvalue weighted by molar-refractivity contribution is -0.139. The molecule has 0 aliphatic rings. The van der Waals surface area contributed by atoms with Crippen LogP contribution in [0.25, 0.3) is 10.8 Å². The van der Waals surface area contributed by atoms with E-state index >= 15 is 0 Å². The highest BCUT2D eigenvalue weighted by Crippen LogP contribution is 2.26. The molecule has 2 N–H and O–H groups in total. The molecule has 0 aromatic heterocycles. The number of benzene rings is 3. The molecule has 0 aliphatic heterocycles. The van der Waals surface area contributed by atoms with E-state index in [1.807, 2.05) is 61.5 Å². The number of nitrogens with one attached hydrogen (secondary N) is 2. The summed E-state index contributed by atoms with van der Waals surface area (Å²) in [5.41, 5.74) is 1.91. The maximum atomic E-state index is 12.4. The van der Waals surface area contributed by atoms with E-state index in [9.17, 15) is 9.59 Å². The molecule has 3 aromatic carbocycles. The van der Waals surface area contributed by atoms with Crippen molar-refractivity contribution >= 4 is 22.6 Å². The van der Waals surface area contributed by atoms with E-state index in [4.69, 9.17) is 4.74 Å². The molecule has 2 amide bonds. The van der Waals surface area contributed by atoms with Gasteiger partial charge in [0.05, 0.1) is 13.2 Å². The quantitative estimate of drug-likeness (QED) is 0.593. The molecule has 0 spiro atoms. The Morgan fingerprint density at radius 1 is 0.900 bits per heavy atom. The molecule has 0 bridgehead atoms. The normalized spacial score (nSPS) is 11.9. The van der Waals surface area contributed by atoms with Crippen LogP contribution >= 0.6 is 0 Å². The van der Waals surface area contributed by atoms with Gasteiger partial charge in [-0.3, -0.25) is 9.59 Å². The lowest BCUT2D eigenvalue weighted by Gasteiger charge is -2.26. The van der Waals surface area contributed by atoms with E-state index in [0.29, 0.717) is 12.3 Å². The van der Waals surface area contributed by atoms with Gasteiger partial charge in [-0.1, -0.05) is 60.7 Å². The first kappa shape index (κ1) is 21.3. The summed E-state index contributed by atoms with van der Waals surface area (Å²) in [7, 11) is 5.49. The molecule has 0 saturated carbocycles. The zero-order valence-corrected chi connectivity index (χ0v) is 17.5. The van der Waals surface area contributed by atoms with Crippen molar-refractivity contribution in [1.82, 2.24) is 15.5 Å². The number of fused-ring (bicyclic) bond motifs is 1. The predicted octanol–water partition coefficient (Wildman–Crippen LogP) is 2.88. The van der Waals surface area contributed by atoms with E-state index in [2.05, 4.69) is 34.9 Å². The minimum absolute atomic E-state index is 0.0675. The second-order valence-electron chi connectivity index (χ2n) is 7.25. The smallest absolute Gasteiger partial charge is 0.309 e. The highest BCUT2D eigenvalue weighted by Gasteiger charge is 2.20. The summed E-state index contributed by atoms with van der Waals surface area (Å²) in [6.45, 7) is 0.540. The molecule has 156 valence electrons. The van der Waals surface area contributed by atoms with Gasteiger partial charge in [0.2, 0.25) is 0 Å². The molecule has 0 heterocycles. The van der Waals surface area contributed by atoms with E-state index < -0.39 is 11.8 Å². The number of hydrogen-bond acceptors (Lipinski definition) is 4. The second kappa shape index (κ2) is 9.89. The second-order valence-corrected chi connectivity index (χ2v) is 7.25. The van der Waals surface area contributed by atoms with Gasteiger partial charge in [-0.15, -0.1) is 0 Å². The van der Waals surface area contributed by atoms with Gasteiger partial charge in [-0.05, 0) is 36.5 Å². The van der Waals surface area contributed by atoms with Crippen molar-refractivity contribution < 1.29 is 14.3 Å². The Morgan fingerprint density at radius 3 is 2.33 bits per heavy atom. The van der Waals surface area contributed by atoms with Gasteiger partial charge in [0.1, 0.15) is 5.75 Å². The fraction of sp³-hybridized carbons (Fsp3) is 0.250. The van der Waals surface area contributed by atoms with E-state index in [1.54, 1.807) is 7.11 Å². The summed E-state index contributed by atoms with van der Waals surface area (Å²) >= 11 is 0. The molecule has 30 heavy (non-hydrogen) atoms. The van der Waals surface area contributed by atoms with Gasteiger partial charge in [0, 0.05) is 18.7 Å². The summed E-state index contributed by atoms with van der Waals surface area (Å²) in [6.07, 6.45) is 0. The molecular formula is C24H27N3O3. The number of para-hydroxylation sites is 1. The largest absolute Gasteiger partial charge is 0.496 e. The number of amides is 2. The zero-order chi connectivity index (χ0) is 21.5. The fourth-order valence-corrected chi connectivity index (χ4v) is 3.49. The van der Waals surface area contributed by atoms with Crippen molar-refractivity contribution in [3.8, 4) is 5.75 Å². The molecule has 0 fully saturated rings. The molecule has 6 heteroatoms. The van der Waals surface area contributed by atoms with Crippen molar-refractivity contribution in [3.05, 3.63) is 77.9 Å². The number of carbonyl (C=O) groups excluding carboxylic acids is 2. The highest BCUT2D eigenvalue weighted by molar-refractivity contribution is 6.35. The Kier molecular flexibility index (Phi) is 7.03. The van der Waals surface area contributed by atoms with Gasteiger partial charge in [0.15, 0.2) is 0 Å². The first-order chi connectivity index (χ1) is 14.5. The zero-order valence-electron chi connectivity index (χ0n) is 17.5. The van der Waals surface area contributed by atoms with Crippen LogP contribution in [0.5, 0.6) is 5.75 Å². The minimum Gasteiger partial charge on any atom is -0.496 e. The molecule has 0 radical (unpaired) electrons. The first-order valence-electron chi connectivity index (χ1n) is 9.83. The van der Waals surface area contributed by atoms with E-state index in [0.717, 1.165) is 21.9 Å². The maximum Gasteiger partial charge on any atom is 0.309 e. The van der Waals surface area contributed by atoms with Crippen LogP contribution in [0, 0.1) is 0 Å². The number of ether oxygens (including phenoxy) is 1. The Hall–Kier alpha value is -3.38. The van der Waals surface area contributed by atoms with Crippen LogP contribution in [0.3, 0.4) is 0 Å². The molecule has 3 rings (SSSR count). The minimum atomic E-state index is -0.670. The van der Waals surface area contributed by atoms with Gasteiger partial charge in [-0.25, -0.2) is 0 Å². The number of methoxy groups -OCH3 is 1. The highest BCUT2D eigenvalue weighted by atomic mass is 16.5. The molecule has 0 unspecified atom stereocenters. The molecule has 0 aliphatic carbocycles. The maximum absolute atomic E-state index is 12.4. The summed E-state index contributed by atoms with van der Waals surface area (Å²) in [5, 5.41) is 7.69. The van der Waals surface area contributed by atoms with E-state index in [-0.39, 0.29) is 12.6 Å². The standard InChI is InChI=1S/C24H27N3O3/c1-27(2)21(20-13-8-11-17-9-4-6-12-19(17)20)16-26-24(29)23(28)25-15-18-10-5-7-14-22(18)30-3/h4-14,21H,15-16H2,1-3H3,(H,25,28)(H,26,29)/t21-/m1/s1. The summed E-state index contributed by atoms with van der Waals surface area (Å²) in [4.78, 5) is 26.7. The third-order valence-corrected chi connectivity index (χ3v) is 5.10. The van der Waals surface area contributed by atoms with Crippen molar-refractivity contribution in [1.29, 1.82) is 0 Å². The van der Waals surface area contributed by atoms with Crippen LogP contribution in [-0.2, 0) is 16.1 Å². The van der Waals surface area contributed by atoms with Crippen molar-refractivity contribution in [2.45, 2.75) is 12.6 Å². The lowest BCUT2D eigenvalue weighted by atomic mass is 9.98. The first-order valence-corrected chi connectivity index (χ1v) is 9.83. The summed E-state index contributed by atoms with van der Waals surface area (Å²) in [6, 6.07) is 21.6. The monoisotopic (exact) mass is 405 g/mol. The van der Waals surface area contributed by atoms with Crippen molar-refractivity contribution in [2.75, 3.05) is 27.7 Å². The predicted molar refractivity (Wildman–Crippen MR) is 118 cm³/mol. The molecule has 6 nitrogen and oxygen atoms in total. The van der Waals surface area contributed by atoms with Crippen LogP contribution in [0.15, 0.2) is 66.7 Å². The van der Waals surface area contributed by atoms with Crippen LogP contribution in [-0.4, -0.2) is 44.5 Å². The average Bonchev–Trinajstić information content (AvgIpc) is 2.77. The number of likely N-dealkylation sites (N-methyl/N-ethyl adjacent to an activating group) is 1. The van der Waals surface area contributed by atoms with Crippen LogP contribution in [0.2, 0.25) is 0 Å². The Morgan fingerprint density at radius 2 is 1.57 bits per heavy atom. The third kappa shape index (κ3) is 4.96. The molecule has 1 atom stereocenters. The Labute approximate surface area is 176 Å². The average molecular weight is 405 g/mol. The molecule has 3 aromatic rings. The number of nitrogens with zero attached hydrogens (tertiary/aromatic N) is 1. The summed E-state index contributed by atoms with van der Waals surface area (Å²) < 4.78 is 5.27. The van der Waals surface area contributed by atoms with Crippen molar-refractivity contribution in [2.24, 2.45) is 0 Å². The van der Waals surface area contributed by atoms with Gasteiger partial charge in [0.25, 0.3) is 0 Å². The van der Waals surface area contributed by atoms with Crippen molar-refractivity contribution in [3.63, 3.8) is 0 Å². The SMILES string of the molecule is COc1ccccc1CNC(=O)C(=O)NC[C@H](c1cccc2ccccc12)N(C)C. The van der Waals surface area contributed by atoms with Crippen LogP contribution in [0.1, 0.15) is 17.2 Å². The van der Waals surface area contributed by atoms with Crippen LogP contribution in [0.4, 0.5) is 0 Å². The Bertz CT molecular complexity index is 1030. The van der Waals surface area contributed by atoms with Crippen LogP contribution < -0.4 is 15.4 Å². The number of rotatable bonds is 7. The molecule has 0 saturated heterocycles. The third-order valence-electron chi connectivity index (χ3n) is 5.10. The topological polar surface area (TPSA) is 70.7 Å². The van der Waals surface area contributed by atoms with E-state index in [1.165, 1.54) is 0 Å².